The number of nitrogens with one attached hydrogen (secondary N) is 1. The molecule has 0 radical (unpaired) electrons. The number of aryl methyl sites for hydroxylation is 1. The van der Waals surface area contributed by atoms with Crippen LogP contribution in [0.25, 0.3) is 6.20 Å². The summed E-state index contributed by atoms with van der Waals surface area (Å²) >= 11 is 0. The summed E-state index contributed by atoms with van der Waals surface area (Å²) in [5.41, 5.74) is 1.34. The maximum absolute atomic E-state index is 10.8. The SMILES string of the molecule is COC(=O)/C=C/n1ccc(C)cc1=N. The van der Waals surface area contributed by atoms with Crippen molar-refractivity contribution in [3.63, 3.8) is 0 Å². The van der Waals surface area contributed by atoms with Crippen molar-refractivity contribution in [2.45, 2.75) is 6.92 Å². The molecule has 0 aromatic carbocycles. The highest BCUT2D eigenvalue weighted by Crippen LogP contribution is 1.91. The molecule has 0 atom stereocenters. The van der Waals surface area contributed by atoms with E-state index in [4.69, 9.17) is 5.41 Å². The van der Waals surface area contributed by atoms with Gasteiger partial charge in [-0.3, -0.25) is 5.41 Å². The number of ether oxygens (including phenoxy) is 1. The van der Waals surface area contributed by atoms with Crippen LogP contribution in [0.15, 0.2) is 24.4 Å². The zero-order chi connectivity index (χ0) is 10.6. The molecule has 74 valence electrons. The number of hydrogen-bond donors (Lipinski definition) is 1. The van der Waals surface area contributed by atoms with Crippen molar-refractivity contribution in [3.8, 4) is 0 Å². The predicted molar refractivity (Wildman–Crippen MR) is 52.4 cm³/mol. The average Bonchev–Trinajstić information content (AvgIpc) is 2.16. The largest absolute Gasteiger partial charge is 0.466 e. The molecule has 0 aliphatic heterocycles. The zero-order valence-electron chi connectivity index (χ0n) is 8.15. The minimum atomic E-state index is -0.433. The molecule has 0 aliphatic carbocycles. The first-order valence-corrected chi connectivity index (χ1v) is 4.13. The van der Waals surface area contributed by atoms with Crippen LogP contribution in [0.2, 0.25) is 0 Å². The van der Waals surface area contributed by atoms with E-state index in [1.165, 1.54) is 24.0 Å². The number of nitrogens with zero attached hydrogens (tertiary/aromatic N) is 1. The van der Waals surface area contributed by atoms with E-state index in [1.54, 1.807) is 12.3 Å². The zero-order valence-corrected chi connectivity index (χ0v) is 8.15. The van der Waals surface area contributed by atoms with Crippen LogP contribution >= 0.6 is 0 Å². The Balaban J connectivity index is 2.93. The van der Waals surface area contributed by atoms with Gasteiger partial charge in [-0.2, -0.15) is 0 Å². The maximum Gasteiger partial charge on any atom is 0.331 e. The van der Waals surface area contributed by atoms with E-state index < -0.39 is 5.97 Å². The van der Waals surface area contributed by atoms with Crippen molar-refractivity contribution in [1.82, 2.24) is 4.57 Å². The van der Waals surface area contributed by atoms with Crippen molar-refractivity contribution in [3.05, 3.63) is 35.5 Å². The van der Waals surface area contributed by atoms with Gasteiger partial charge in [0.15, 0.2) is 0 Å². The van der Waals surface area contributed by atoms with Crippen molar-refractivity contribution >= 4 is 12.2 Å². The third kappa shape index (κ3) is 2.58. The molecule has 0 unspecified atom stereocenters. The second kappa shape index (κ2) is 4.41. The molecule has 1 aromatic rings. The highest BCUT2D eigenvalue weighted by molar-refractivity contribution is 5.84. The minimum Gasteiger partial charge on any atom is -0.466 e. The third-order valence-corrected chi connectivity index (χ3v) is 1.71. The van der Waals surface area contributed by atoms with Crippen molar-refractivity contribution in [1.29, 1.82) is 5.41 Å². The van der Waals surface area contributed by atoms with Crippen LogP contribution in [0, 0.1) is 12.3 Å². The van der Waals surface area contributed by atoms with E-state index in [9.17, 15) is 4.79 Å². The van der Waals surface area contributed by atoms with Crippen LogP contribution in [0.4, 0.5) is 0 Å². The smallest absolute Gasteiger partial charge is 0.331 e. The molecule has 1 rings (SSSR count). The Hall–Kier alpha value is -1.84. The van der Waals surface area contributed by atoms with Crippen molar-refractivity contribution in [2.24, 2.45) is 0 Å². The third-order valence-electron chi connectivity index (χ3n) is 1.71. The highest BCUT2D eigenvalue weighted by Gasteiger charge is 1.92. The van der Waals surface area contributed by atoms with Gasteiger partial charge in [-0.15, -0.1) is 0 Å². The summed E-state index contributed by atoms with van der Waals surface area (Å²) in [6.07, 6.45) is 4.48. The normalized spacial score (nSPS) is 10.4. The van der Waals surface area contributed by atoms with Gasteiger partial charge < -0.3 is 9.30 Å². The molecule has 1 N–H and O–H groups in total. The fraction of sp³-hybridized carbons (Fsp3) is 0.200. The fourth-order valence-corrected chi connectivity index (χ4v) is 0.956. The van der Waals surface area contributed by atoms with Crippen LogP contribution in [-0.2, 0) is 9.53 Å². The molecule has 0 spiro atoms. The molecule has 0 saturated carbocycles. The second-order valence-electron chi connectivity index (χ2n) is 2.84. The first-order chi connectivity index (χ1) is 6.63. The van der Waals surface area contributed by atoms with Gasteiger partial charge in [-0.1, -0.05) is 0 Å². The summed E-state index contributed by atoms with van der Waals surface area (Å²) in [4.78, 5) is 10.8. The first kappa shape index (κ1) is 10.2. The molecule has 4 heteroatoms. The molecular formula is C10H12N2O2. The van der Waals surface area contributed by atoms with Gasteiger partial charge >= 0.3 is 5.97 Å². The summed E-state index contributed by atoms with van der Waals surface area (Å²) in [5, 5.41) is 7.57. The molecule has 0 saturated heterocycles. The summed E-state index contributed by atoms with van der Waals surface area (Å²) in [7, 11) is 1.31. The molecule has 0 bridgehead atoms. The molecule has 0 fully saturated rings. The maximum atomic E-state index is 10.8. The number of pyridine rings is 1. The summed E-state index contributed by atoms with van der Waals surface area (Å²) in [6, 6.07) is 3.57. The Bertz CT molecular complexity index is 418. The van der Waals surface area contributed by atoms with Gasteiger partial charge in [0.1, 0.15) is 5.49 Å². The molecule has 0 amide bonds. The van der Waals surface area contributed by atoms with Gasteiger partial charge in [0, 0.05) is 18.5 Å². The average molecular weight is 192 g/mol. The van der Waals surface area contributed by atoms with Crippen LogP contribution in [0.1, 0.15) is 5.56 Å². The highest BCUT2D eigenvalue weighted by atomic mass is 16.5. The van der Waals surface area contributed by atoms with Gasteiger partial charge in [-0.05, 0) is 24.6 Å². The standard InChI is InChI=1S/C10H12N2O2/c1-8-3-5-12(9(11)7-8)6-4-10(13)14-2/h3-7,11H,1-2H3/b6-4+,11-9?. The molecule has 14 heavy (non-hydrogen) atoms. The fourth-order valence-electron chi connectivity index (χ4n) is 0.956. The second-order valence-corrected chi connectivity index (χ2v) is 2.84. The Labute approximate surface area is 82.0 Å². The Kier molecular flexibility index (Phi) is 3.23. The molecule has 4 nitrogen and oxygen atoms in total. The minimum absolute atomic E-state index is 0.324. The number of aromatic nitrogens is 1. The van der Waals surface area contributed by atoms with Gasteiger partial charge in [0.25, 0.3) is 0 Å². The van der Waals surface area contributed by atoms with E-state index in [1.807, 2.05) is 13.0 Å². The lowest BCUT2D eigenvalue weighted by Gasteiger charge is -1.99. The van der Waals surface area contributed by atoms with Crippen molar-refractivity contribution < 1.29 is 9.53 Å². The molecule has 0 aliphatic rings. The van der Waals surface area contributed by atoms with Crippen LogP contribution in [0.5, 0.6) is 0 Å². The topological polar surface area (TPSA) is 55.1 Å². The monoisotopic (exact) mass is 192 g/mol. The van der Waals surface area contributed by atoms with Crippen molar-refractivity contribution in [2.75, 3.05) is 7.11 Å². The lowest BCUT2D eigenvalue weighted by molar-refractivity contribution is -0.134. The lowest BCUT2D eigenvalue weighted by atomic mass is 10.3. The number of carbonyl (C=O) groups excluding carboxylic acids is 1. The summed E-state index contributed by atoms with van der Waals surface area (Å²) in [5.74, 6) is -0.433. The number of hydrogen-bond acceptors (Lipinski definition) is 3. The number of esters is 1. The van der Waals surface area contributed by atoms with E-state index in [2.05, 4.69) is 4.74 Å². The van der Waals surface area contributed by atoms with Crippen LogP contribution < -0.4 is 5.49 Å². The van der Waals surface area contributed by atoms with Crippen LogP contribution in [-0.4, -0.2) is 17.6 Å². The van der Waals surface area contributed by atoms with E-state index >= 15 is 0 Å². The Morgan fingerprint density at radius 3 is 2.93 bits per heavy atom. The Morgan fingerprint density at radius 2 is 2.36 bits per heavy atom. The summed E-state index contributed by atoms with van der Waals surface area (Å²) < 4.78 is 5.97. The van der Waals surface area contributed by atoms with E-state index in [0.717, 1.165) is 5.56 Å². The number of methoxy groups -OCH3 is 1. The quantitative estimate of drug-likeness (QED) is 0.559. The molecule has 1 aromatic heterocycles. The van der Waals surface area contributed by atoms with E-state index in [0.29, 0.717) is 5.49 Å². The summed E-state index contributed by atoms with van der Waals surface area (Å²) in [6.45, 7) is 1.91. The van der Waals surface area contributed by atoms with Gasteiger partial charge in [0.05, 0.1) is 7.11 Å². The molecular weight excluding hydrogens is 180 g/mol. The van der Waals surface area contributed by atoms with Gasteiger partial charge in [0.2, 0.25) is 0 Å². The predicted octanol–water partition coefficient (Wildman–Crippen LogP) is 0.920. The molecule has 1 heterocycles. The van der Waals surface area contributed by atoms with Gasteiger partial charge in [-0.25, -0.2) is 4.79 Å². The van der Waals surface area contributed by atoms with Crippen LogP contribution in [0.3, 0.4) is 0 Å². The lowest BCUT2D eigenvalue weighted by Crippen LogP contribution is -2.14. The number of rotatable bonds is 2. The Morgan fingerprint density at radius 1 is 1.64 bits per heavy atom. The number of carbonyl (C=O) groups is 1. The van der Waals surface area contributed by atoms with E-state index in [-0.39, 0.29) is 0 Å². The first-order valence-electron chi connectivity index (χ1n) is 4.13.